The maximum Gasteiger partial charge on any atom is 0.263 e. The van der Waals surface area contributed by atoms with Crippen molar-refractivity contribution in [1.82, 2.24) is 14.9 Å². The van der Waals surface area contributed by atoms with Gasteiger partial charge in [-0.05, 0) is 37.3 Å². The SMILES string of the molecule is CCCCCn1c(SCC(=O)NCc2ccccc2OC)nc2sc3c(c2c1=O)CCC3. The molecule has 0 fully saturated rings. The molecule has 4 rings (SSSR count). The van der Waals surface area contributed by atoms with Gasteiger partial charge in [0, 0.05) is 23.5 Å². The van der Waals surface area contributed by atoms with Crippen LogP contribution in [0.2, 0.25) is 0 Å². The number of aromatic nitrogens is 2. The Morgan fingerprint density at radius 1 is 1.28 bits per heavy atom. The molecule has 1 aliphatic carbocycles. The van der Waals surface area contributed by atoms with Crippen molar-refractivity contribution in [3.05, 3.63) is 50.6 Å². The van der Waals surface area contributed by atoms with Gasteiger partial charge in [0.1, 0.15) is 10.6 Å². The van der Waals surface area contributed by atoms with E-state index in [4.69, 9.17) is 9.72 Å². The van der Waals surface area contributed by atoms with Gasteiger partial charge in [0.2, 0.25) is 5.91 Å². The molecule has 1 aromatic carbocycles. The van der Waals surface area contributed by atoms with Crippen LogP contribution in [0, 0.1) is 0 Å². The van der Waals surface area contributed by atoms with Crippen molar-refractivity contribution in [1.29, 1.82) is 0 Å². The fraction of sp³-hybridized carbons (Fsp3) is 0.458. The molecule has 2 heterocycles. The molecule has 32 heavy (non-hydrogen) atoms. The number of methoxy groups -OCH3 is 1. The maximum absolute atomic E-state index is 13.4. The number of benzene rings is 1. The Morgan fingerprint density at radius 3 is 2.94 bits per heavy atom. The van der Waals surface area contributed by atoms with E-state index in [9.17, 15) is 9.59 Å². The van der Waals surface area contributed by atoms with Crippen molar-refractivity contribution in [2.45, 2.75) is 63.7 Å². The summed E-state index contributed by atoms with van der Waals surface area (Å²) in [5.41, 5.74) is 2.19. The van der Waals surface area contributed by atoms with Crippen LogP contribution < -0.4 is 15.6 Å². The van der Waals surface area contributed by atoms with Gasteiger partial charge in [0.05, 0.1) is 18.2 Å². The molecule has 170 valence electrons. The topological polar surface area (TPSA) is 73.2 Å². The number of thioether (sulfide) groups is 1. The lowest BCUT2D eigenvalue weighted by Crippen LogP contribution is -2.27. The summed E-state index contributed by atoms with van der Waals surface area (Å²) < 4.78 is 7.14. The molecule has 0 bridgehead atoms. The quantitative estimate of drug-likeness (QED) is 0.267. The Hall–Kier alpha value is -2.32. The minimum absolute atomic E-state index is 0.0578. The fourth-order valence-electron chi connectivity index (χ4n) is 4.11. The van der Waals surface area contributed by atoms with Crippen molar-refractivity contribution in [3.8, 4) is 5.75 Å². The Bertz CT molecular complexity index is 1170. The molecule has 0 atom stereocenters. The van der Waals surface area contributed by atoms with Crippen LogP contribution in [0.15, 0.2) is 34.2 Å². The molecule has 2 aromatic heterocycles. The van der Waals surface area contributed by atoms with E-state index >= 15 is 0 Å². The van der Waals surface area contributed by atoms with Crippen molar-refractivity contribution < 1.29 is 9.53 Å². The van der Waals surface area contributed by atoms with E-state index in [-0.39, 0.29) is 17.2 Å². The number of amides is 1. The molecular weight excluding hydrogens is 442 g/mol. The summed E-state index contributed by atoms with van der Waals surface area (Å²) in [5, 5.41) is 4.40. The molecule has 3 aromatic rings. The van der Waals surface area contributed by atoms with Gasteiger partial charge in [-0.15, -0.1) is 11.3 Å². The van der Waals surface area contributed by atoms with E-state index < -0.39 is 0 Å². The van der Waals surface area contributed by atoms with Crippen LogP contribution in [0.25, 0.3) is 10.2 Å². The lowest BCUT2D eigenvalue weighted by molar-refractivity contribution is -0.118. The number of unbranched alkanes of at least 4 members (excludes halogenated alkanes) is 2. The Balaban J connectivity index is 1.50. The molecule has 0 saturated carbocycles. The number of aryl methyl sites for hydroxylation is 2. The Kier molecular flexibility index (Phi) is 7.52. The van der Waals surface area contributed by atoms with E-state index in [0.29, 0.717) is 18.2 Å². The molecule has 1 amide bonds. The third kappa shape index (κ3) is 4.86. The first kappa shape index (κ1) is 22.9. The third-order valence-electron chi connectivity index (χ3n) is 5.78. The Morgan fingerprint density at radius 2 is 2.12 bits per heavy atom. The van der Waals surface area contributed by atoms with Crippen molar-refractivity contribution in [2.75, 3.05) is 12.9 Å². The van der Waals surface area contributed by atoms with Crippen molar-refractivity contribution in [2.24, 2.45) is 0 Å². The van der Waals surface area contributed by atoms with Crippen LogP contribution in [0.1, 0.15) is 48.6 Å². The molecule has 6 nitrogen and oxygen atoms in total. The first-order valence-electron chi connectivity index (χ1n) is 11.2. The number of hydrogen-bond acceptors (Lipinski definition) is 6. The number of para-hydroxylation sites is 1. The fourth-order valence-corrected chi connectivity index (χ4v) is 6.27. The monoisotopic (exact) mass is 471 g/mol. The van der Waals surface area contributed by atoms with Crippen molar-refractivity contribution in [3.63, 3.8) is 0 Å². The van der Waals surface area contributed by atoms with Crippen LogP contribution >= 0.6 is 23.1 Å². The molecule has 0 saturated heterocycles. The highest BCUT2D eigenvalue weighted by molar-refractivity contribution is 7.99. The highest BCUT2D eigenvalue weighted by Gasteiger charge is 2.23. The smallest absolute Gasteiger partial charge is 0.263 e. The number of nitrogens with zero attached hydrogens (tertiary/aromatic N) is 2. The van der Waals surface area contributed by atoms with Gasteiger partial charge in [0.25, 0.3) is 5.56 Å². The first-order valence-corrected chi connectivity index (χ1v) is 13.0. The number of nitrogens with one attached hydrogen (secondary N) is 1. The number of hydrogen-bond donors (Lipinski definition) is 1. The molecule has 0 spiro atoms. The lowest BCUT2D eigenvalue weighted by atomic mass is 10.2. The summed E-state index contributed by atoms with van der Waals surface area (Å²) in [7, 11) is 1.62. The normalized spacial score (nSPS) is 12.8. The molecule has 0 radical (unpaired) electrons. The molecule has 0 aliphatic heterocycles. The maximum atomic E-state index is 13.4. The van der Waals surface area contributed by atoms with E-state index in [0.717, 1.165) is 60.1 Å². The lowest BCUT2D eigenvalue weighted by Gasteiger charge is -2.13. The molecule has 0 unspecified atom stereocenters. The van der Waals surface area contributed by atoms with Crippen LogP contribution in [0.3, 0.4) is 0 Å². The van der Waals surface area contributed by atoms with Gasteiger partial charge in [-0.1, -0.05) is 49.7 Å². The number of rotatable bonds is 10. The van der Waals surface area contributed by atoms with Crippen LogP contribution in [0.5, 0.6) is 5.75 Å². The summed E-state index contributed by atoms with van der Waals surface area (Å²) in [4.78, 5) is 32.9. The third-order valence-corrected chi connectivity index (χ3v) is 7.94. The second-order valence-electron chi connectivity index (χ2n) is 7.97. The predicted octanol–water partition coefficient (Wildman–Crippen LogP) is 4.55. The van der Waals surface area contributed by atoms with Crippen LogP contribution in [0.4, 0.5) is 0 Å². The zero-order chi connectivity index (χ0) is 22.5. The highest BCUT2D eigenvalue weighted by atomic mass is 32.2. The number of carbonyl (C=O) groups excluding carboxylic acids is 1. The summed E-state index contributed by atoms with van der Waals surface area (Å²) in [5.74, 6) is 0.874. The van der Waals surface area contributed by atoms with Crippen molar-refractivity contribution >= 4 is 39.2 Å². The van der Waals surface area contributed by atoms with Gasteiger partial charge < -0.3 is 10.1 Å². The standard InChI is InChI=1S/C24H29N3O3S2/c1-3-4-7-13-27-23(29)21-17-10-8-12-19(17)32-22(21)26-24(27)31-15-20(28)25-14-16-9-5-6-11-18(16)30-2/h5-6,9,11H,3-4,7-8,10,12-15H2,1-2H3,(H,25,28). The van der Waals surface area contributed by atoms with E-state index in [2.05, 4.69) is 12.2 Å². The Labute approximate surface area is 196 Å². The molecular formula is C24H29N3O3S2. The average Bonchev–Trinajstić information content (AvgIpc) is 3.39. The van der Waals surface area contributed by atoms with E-state index in [1.54, 1.807) is 23.0 Å². The van der Waals surface area contributed by atoms with Crippen LogP contribution in [-0.4, -0.2) is 28.3 Å². The summed E-state index contributed by atoms with van der Waals surface area (Å²) in [6.07, 6.45) is 6.22. The van der Waals surface area contributed by atoms with Gasteiger partial charge in [-0.2, -0.15) is 0 Å². The first-order chi connectivity index (χ1) is 15.6. The largest absolute Gasteiger partial charge is 0.496 e. The van der Waals surface area contributed by atoms with Gasteiger partial charge >= 0.3 is 0 Å². The predicted molar refractivity (Wildman–Crippen MR) is 131 cm³/mol. The summed E-state index contributed by atoms with van der Waals surface area (Å²) in [6.45, 7) is 3.19. The number of thiophene rings is 1. The van der Waals surface area contributed by atoms with E-state index in [1.165, 1.54) is 22.2 Å². The molecule has 1 aliphatic rings. The van der Waals surface area contributed by atoms with Gasteiger partial charge in [0.15, 0.2) is 5.16 Å². The highest BCUT2D eigenvalue weighted by Crippen LogP contribution is 2.35. The molecule has 8 heteroatoms. The second-order valence-corrected chi connectivity index (χ2v) is 10.00. The summed E-state index contributed by atoms with van der Waals surface area (Å²) >= 11 is 2.99. The van der Waals surface area contributed by atoms with Gasteiger partial charge in [-0.3, -0.25) is 14.2 Å². The number of carbonyl (C=O) groups is 1. The number of ether oxygens (including phenoxy) is 1. The minimum atomic E-state index is -0.0935. The van der Waals surface area contributed by atoms with Gasteiger partial charge in [-0.25, -0.2) is 4.98 Å². The zero-order valence-corrected chi connectivity index (χ0v) is 20.2. The van der Waals surface area contributed by atoms with E-state index in [1.807, 2.05) is 24.3 Å². The summed E-state index contributed by atoms with van der Waals surface area (Å²) in [6, 6.07) is 7.64. The number of fused-ring (bicyclic) bond motifs is 3. The average molecular weight is 472 g/mol. The minimum Gasteiger partial charge on any atom is -0.496 e. The zero-order valence-electron chi connectivity index (χ0n) is 18.6. The second kappa shape index (κ2) is 10.5. The molecule has 1 N–H and O–H groups in total. The van der Waals surface area contributed by atoms with Crippen LogP contribution in [-0.2, 0) is 30.7 Å².